The molecule has 0 saturated heterocycles. The number of halogens is 1. The molecule has 4 heteroatoms. The largest absolute Gasteiger partial charge is 0.334 e. The van der Waals surface area contributed by atoms with E-state index in [0.29, 0.717) is 5.88 Å². The molecule has 0 fully saturated rings. The van der Waals surface area contributed by atoms with Crippen molar-refractivity contribution in [3.63, 3.8) is 0 Å². The van der Waals surface area contributed by atoms with Crippen LogP contribution >= 0.6 is 11.6 Å². The minimum atomic E-state index is -0.214. The number of anilines is 1. The number of carbonyl (C=O) groups is 1. The molecule has 1 atom stereocenters. The number of urea groups is 1. The van der Waals surface area contributed by atoms with E-state index in [1.807, 2.05) is 19.1 Å². The molecule has 0 aromatic heterocycles. The molecule has 0 saturated carbocycles. The van der Waals surface area contributed by atoms with Crippen molar-refractivity contribution >= 4 is 23.3 Å². The summed E-state index contributed by atoms with van der Waals surface area (Å²) >= 11 is 5.65. The van der Waals surface area contributed by atoms with E-state index in [9.17, 15) is 4.79 Å². The number of carbonyl (C=O) groups excluding carboxylic acids is 1. The first-order valence-electron chi connectivity index (χ1n) is 7.38. The molecule has 112 valence electrons. The maximum absolute atomic E-state index is 11.6. The van der Waals surface area contributed by atoms with Crippen LogP contribution < -0.4 is 10.6 Å². The highest BCUT2D eigenvalue weighted by atomic mass is 35.5. The van der Waals surface area contributed by atoms with Gasteiger partial charge in [0.05, 0.1) is 0 Å². The summed E-state index contributed by atoms with van der Waals surface area (Å²) in [5.74, 6) is 0.407. The highest BCUT2D eigenvalue weighted by molar-refractivity contribution is 6.18. The summed E-state index contributed by atoms with van der Waals surface area (Å²) in [6.07, 6.45) is 6.19. The van der Waals surface area contributed by atoms with Gasteiger partial charge < -0.3 is 10.6 Å². The third-order valence-corrected chi connectivity index (χ3v) is 3.60. The summed E-state index contributed by atoms with van der Waals surface area (Å²) in [7, 11) is 0. The van der Waals surface area contributed by atoms with Crippen molar-refractivity contribution in [2.75, 3.05) is 11.2 Å². The fraction of sp³-hybridized carbons (Fsp3) is 0.562. The molecule has 0 spiro atoms. The minimum Gasteiger partial charge on any atom is -0.334 e. The van der Waals surface area contributed by atoms with Crippen molar-refractivity contribution in [2.24, 2.45) is 0 Å². The van der Waals surface area contributed by atoms with E-state index in [4.69, 9.17) is 11.6 Å². The first-order chi connectivity index (χ1) is 9.65. The Morgan fingerprint density at radius 1 is 1.20 bits per heavy atom. The second-order valence-electron chi connectivity index (χ2n) is 5.16. The van der Waals surface area contributed by atoms with E-state index in [0.717, 1.165) is 12.1 Å². The SMILES string of the molecule is CCCCCCc1ccc(NC(=O)NC(C)CCl)cc1. The Labute approximate surface area is 127 Å². The molecule has 1 unspecified atom stereocenters. The molecular weight excluding hydrogens is 272 g/mol. The lowest BCUT2D eigenvalue weighted by Gasteiger charge is -2.12. The first-order valence-corrected chi connectivity index (χ1v) is 7.91. The molecule has 1 aromatic carbocycles. The van der Waals surface area contributed by atoms with E-state index >= 15 is 0 Å². The Bertz CT molecular complexity index is 392. The van der Waals surface area contributed by atoms with Crippen molar-refractivity contribution in [3.8, 4) is 0 Å². The topological polar surface area (TPSA) is 41.1 Å². The molecule has 0 radical (unpaired) electrons. The zero-order valence-electron chi connectivity index (χ0n) is 12.4. The van der Waals surface area contributed by atoms with Gasteiger partial charge in [-0.1, -0.05) is 38.3 Å². The molecule has 0 aliphatic carbocycles. The summed E-state index contributed by atoms with van der Waals surface area (Å²) in [6.45, 7) is 4.09. The molecule has 0 heterocycles. The maximum Gasteiger partial charge on any atom is 0.319 e. The van der Waals surface area contributed by atoms with Crippen LogP contribution in [-0.4, -0.2) is 18.0 Å². The number of hydrogen-bond acceptors (Lipinski definition) is 1. The van der Waals surface area contributed by atoms with Crippen molar-refractivity contribution in [1.82, 2.24) is 5.32 Å². The Morgan fingerprint density at radius 2 is 1.90 bits per heavy atom. The Morgan fingerprint density at radius 3 is 2.50 bits per heavy atom. The monoisotopic (exact) mass is 296 g/mol. The molecule has 2 amide bonds. The van der Waals surface area contributed by atoms with Gasteiger partial charge in [-0.3, -0.25) is 0 Å². The summed E-state index contributed by atoms with van der Waals surface area (Å²) in [6, 6.07) is 7.79. The lowest BCUT2D eigenvalue weighted by atomic mass is 10.1. The van der Waals surface area contributed by atoms with Crippen LogP contribution in [0.5, 0.6) is 0 Å². The van der Waals surface area contributed by atoms with Crippen LogP contribution in [0.4, 0.5) is 10.5 Å². The van der Waals surface area contributed by atoms with E-state index in [-0.39, 0.29) is 12.1 Å². The smallest absolute Gasteiger partial charge is 0.319 e. The van der Waals surface area contributed by atoms with Crippen LogP contribution in [0.3, 0.4) is 0 Å². The van der Waals surface area contributed by atoms with Crippen LogP contribution in [0.2, 0.25) is 0 Å². The summed E-state index contributed by atoms with van der Waals surface area (Å²) < 4.78 is 0. The zero-order chi connectivity index (χ0) is 14.8. The van der Waals surface area contributed by atoms with E-state index < -0.39 is 0 Å². The molecule has 1 aromatic rings. The first kappa shape index (κ1) is 16.8. The average Bonchev–Trinajstić information content (AvgIpc) is 2.45. The van der Waals surface area contributed by atoms with Crippen LogP contribution in [0.25, 0.3) is 0 Å². The van der Waals surface area contributed by atoms with Crippen molar-refractivity contribution in [3.05, 3.63) is 29.8 Å². The quantitative estimate of drug-likeness (QED) is 0.536. The third-order valence-electron chi connectivity index (χ3n) is 3.14. The van der Waals surface area contributed by atoms with Gasteiger partial charge in [-0.05, 0) is 37.5 Å². The lowest BCUT2D eigenvalue weighted by Crippen LogP contribution is -2.37. The highest BCUT2D eigenvalue weighted by Crippen LogP contribution is 2.12. The zero-order valence-corrected chi connectivity index (χ0v) is 13.2. The summed E-state index contributed by atoms with van der Waals surface area (Å²) in [5, 5.41) is 5.56. The normalized spacial score (nSPS) is 11.9. The molecule has 2 N–H and O–H groups in total. The number of rotatable bonds is 8. The number of amides is 2. The van der Waals surface area contributed by atoms with Crippen LogP contribution in [0, 0.1) is 0 Å². The van der Waals surface area contributed by atoms with Gasteiger partial charge >= 0.3 is 6.03 Å². The molecule has 20 heavy (non-hydrogen) atoms. The predicted octanol–water partition coefficient (Wildman–Crippen LogP) is 4.56. The molecular formula is C16H25ClN2O. The molecule has 0 bridgehead atoms. The Hall–Kier alpha value is -1.22. The number of hydrogen-bond donors (Lipinski definition) is 2. The van der Waals surface area contributed by atoms with E-state index in [1.54, 1.807) is 0 Å². The van der Waals surface area contributed by atoms with Gasteiger partial charge in [-0.15, -0.1) is 11.6 Å². The van der Waals surface area contributed by atoms with Gasteiger partial charge in [0.2, 0.25) is 0 Å². The van der Waals surface area contributed by atoms with Gasteiger partial charge in [-0.2, -0.15) is 0 Å². The van der Waals surface area contributed by atoms with Crippen LogP contribution in [0.15, 0.2) is 24.3 Å². The third kappa shape index (κ3) is 6.80. The van der Waals surface area contributed by atoms with Gasteiger partial charge in [-0.25, -0.2) is 4.79 Å². The van der Waals surface area contributed by atoms with Crippen LogP contribution in [0.1, 0.15) is 45.1 Å². The van der Waals surface area contributed by atoms with Gasteiger partial charge in [0.15, 0.2) is 0 Å². The van der Waals surface area contributed by atoms with Gasteiger partial charge in [0, 0.05) is 17.6 Å². The number of nitrogens with one attached hydrogen (secondary N) is 2. The maximum atomic E-state index is 11.6. The molecule has 3 nitrogen and oxygen atoms in total. The van der Waals surface area contributed by atoms with Crippen molar-refractivity contribution in [2.45, 2.75) is 52.0 Å². The van der Waals surface area contributed by atoms with E-state index in [1.165, 1.54) is 31.2 Å². The number of unbranched alkanes of at least 4 members (excludes halogenated alkanes) is 3. The van der Waals surface area contributed by atoms with Crippen molar-refractivity contribution in [1.29, 1.82) is 0 Å². The van der Waals surface area contributed by atoms with Crippen LogP contribution in [-0.2, 0) is 6.42 Å². The average molecular weight is 297 g/mol. The number of aryl methyl sites for hydroxylation is 1. The molecule has 0 aliphatic rings. The lowest BCUT2D eigenvalue weighted by molar-refractivity contribution is 0.250. The fourth-order valence-electron chi connectivity index (χ4n) is 1.94. The van der Waals surface area contributed by atoms with Gasteiger partial charge in [0.1, 0.15) is 0 Å². The molecule has 0 aliphatic heterocycles. The summed E-state index contributed by atoms with van der Waals surface area (Å²) in [4.78, 5) is 11.6. The standard InChI is InChI=1S/C16H25ClN2O/c1-3-4-5-6-7-14-8-10-15(11-9-14)19-16(20)18-13(2)12-17/h8-11,13H,3-7,12H2,1-2H3,(H2,18,19,20). The Kier molecular flexibility index (Phi) is 8.12. The molecule has 1 rings (SSSR count). The predicted molar refractivity (Wildman–Crippen MR) is 86.6 cm³/mol. The Balaban J connectivity index is 2.36. The van der Waals surface area contributed by atoms with Crippen molar-refractivity contribution < 1.29 is 4.79 Å². The number of alkyl halides is 1. The minimum absolute atomic E-state index is 0.0329. The number of benzene rings is 1. The second kappa shape index (κ2) is 9.65. The second-order valence-corrected chi connectivity index (χ2v) is 5.47. The summed E-state index contributed by atoms with van der Waals surface area (Å²) in [5.41, 5.74) is 2.13. The highest BCUT2D eigenvalue weighted by Gasteiger charge is 2.05. The fourth-order valence-corrected chi connectivity index (χ4v) is 2.02. The van der Waals surface area contributed by atoms with Gasteiger partial charge in [0.25, 0.3) is 0 Å². The van der Waals surface area contributed by atoms with E-state index in [2.05, 4.69) is 29.7 Å².